The maximum atomic E-state index is 11.2. The van der Waals surface area contributed by atoms with Crippen molar-refractivity contribution < 1.29 is 14.1 Å². The van der Waals surface area contributed by atoms with Crippen LogP contribution in [0.3, 0.4) is 0 Å². The van der Waals surface area contributed by atoms with E-state index in [4.69, 9.17) is 5.11 Å². The second kappa shape index (κ2) is 7.78. The van der Waals surface area contributed by atoms with Gasteiger partial charge in [-0.25, -0.2) is 0 Å². The maximum absolute atomic E-state index is 11.2. The number of aliphatic carboxylic acids is 1. The molecule has 0 bridgehead atoms. The van der Waals surface area contributed by atoms with E-state index in [9.17, 15) is 9.00 Å². The first-order valence-corrected chi connectivity index (χ1v) is 9.13. The van der Waals surface area contributed by atoms with Gasteiger partial charge < -0.3 is 9.67 Å². The zero-order valence-electron chi connectivity index (χ0n) is 12.2. The topological polar surface area (TPSA) is 85.1 Å². The van der Waals surface area contributed by atoms with Crippen molar-refractivity contribution in [3.05, 3.63) is 5.82 Å². The van der Waals surface area contributed by atoms with Gasteiger partial charge in [-0.1, -0.05) is 25.6 Å². The SMILES string of the molecule is CC(C)c1nnc(SCC(=O)O)n1C(C)CCS(C)=O. The lowest BCUT2D eigenvalue weighted by atomic mass is 10.2. The van der Waals surface area contributed by atoms with Gasteiger partial charge in [0.15, 0.2) is 5.16 Å². The Balaban J connectivity index is 2.95. The van der Waals surface area contributed by atoms with Crippen LogP contribution in [-0.4, -0.2) is 47.8 Å². The molecule has 1 rings (SSSR count). The summed E-state index contributed by atoms with van der Waals surface area (Å²) in [6.07, 6.45) is 2.43. The van der Waals surface area contributed by atoms with E-state index >= 15 is 0 Å². The van der Waals surface area contributed by atoms with Crippen LogP contribution < -0.4 is 0 Å². The van der Waals surface area contributed by atoms with E-state index in [1.165, 1.54) is 11.8 Å². The van der Waals surface area contributed by atoms with Gasteiger partial charge in [-0.2, -0.15) is 0 Å². The molecule has 0 fully saturated rings. The largest absolute Gasteiger partial charge is 0.481 e. The molecule has 6 nitrogen and oxygen atoms in total. The van der Waals surface area contributed by atoms with Crippen molar-refractivity contribution in [3.63, 3.8) is 0 Å². The molecular weight excluding hydrogens is 298 g/mol. The van der Waals surface area contributed by atoms with E-state index in [1.54, 1.807) is 6.26 Å². The van der Waals surface area contributed by atoms with Crippen molar-refractivity contribution in [3.8, 4) is 0 Å². The summed E-state index contributed by atoms with van der Waals surface area (Å²) < 4.78 is 13.2. The molecule has 0 amide bonds. The van der Waals surface area contributed by atoms with Crippen LogP contribution in [0.25, 0.3) is 0 Å². The molecule has 0 aliphatic rings. The highest BCUT2D eigenvalue weighted by Gasteiger charge is 2.20. The van der Waals surface area contributed by atoms with E-state index in [2.05, 4.69) is 10.2 Å². The molecule has 0 spiro atoms. The van der Waals surface area contributed by atoms with Gasteiger partial charge in [0, 0.05) is 34.8 Å². The molecule has 0 saturated carbocycles. The number of rotatable bonds is 8. The van der Waals surface area contributed by atoms with Crippen LogP contribution in [0.5, 0.6) is 0 Å². The van der Waals surface area contributed by atoms with E-state index in [0.29, 0.717) is 10.9 Å². The van der Waals surface area contributed by atoms with Gasteiger partial charge in [0.05, 0.1) is 5.75 Å². The molecule has 1 aromatic heterocycles. The average molecular weight is 319 g/mol. The van der Waals surface area contributed by atoms with Gasteiger partial charge in [-0.15, -0.1) is 10.2 Å². The Labute approximate surface area is 125 Å². The van der Waals surface area contributed by atoms with Gasteiger partial charge in [-0.05, 0) is 13.3 Å². The Hall–Kier alpha value is -0.890. The Bertz CT molecular complexity index is 488. The summed E-state index contributed by atoms with van der Waals surface area (Å²) in [7, 11) is -0.838. The molecular formula is C12H21N3O3S2. The molecule has 1 N–H and O–H groups in total. The van der Waals surface area contributed by atoms with Crippen molar-refractivity contribution in [1.29, 1.82) is 0 Å². The predicted octanol–water partition coefficient (Wildman–Crippen LogP) is 1.91. The zero-order valence-corrected chi connectivity index (χ0v) is 13.8. The molecule has 8 heteroatoms. The Morgan fingerprint density at radius 2 is 2.05 bits per heavy atom. The summed E-state index contributed by atoms with van der Waals surface area (Å²) in [5, 5.41) is 17.7. The number of aromatic nitrogens is 3. The number of nitrogens with zero attached hydrogens (tertiary/aromatic N) is 3. The molecule has 0 aromatic carbocycles. The van der Waals surface area contributed by atoms with Gasteiger partial charge in [0.1, 0.15) is 5.82 Å². The van der Waals surface area contributed by atoms with Crippen LogP contribution in [0.2, 0.25) is 0 Å². The Morgan fingerprint density at radius 3 is 2.55 bits per heavy atom. The van der Waals surface area contributed by atoms with Crippen LogP contribution in [0.1, 0.15) is 45.0 Å². The molecule has 0 aliphatic carbocycles. The molecule has 0 saturated heterocycles. The summed E-state index contributed by atoms with van der Waals surface area (Å²) in [5.41, 5.74) is 0. The van der Waals surface area contributed by atoms with Crippen molar-refractivity contribution in [2.24, 2.45) is 0 Å². The molecule has 0 radical (unpaired) electrons. The lowest BCUT2D eigenvalue weighted by Gasteiger charge is -2.18. The van der Waals surface area contributed by atoms with Crippen molar-refractivity contribution in [2.45, 2.75) is 44.3 Å². The summed E-state index contributed by atoms with van der Waals surface area (Å²) in [5.74, 6) is 0.740. The first kappa shape index (κ1) is 17.2. The molecule has 20 heavy (non-hydrogen) atoms. The van der Waals surface area contributed by atoms with Crippen LogP contribution >= 0.6 is 11.8 Å². The second-order valence-corrected chi connectivity index (χ2v) is 7.46. The number of thioether (sulfide) groups is 1. The minimum absolute atomic E-state index is 0.0390. The van der Waals surface area contributed by atoms with Gasteiger partial charge in [0.25, 0.3) is 0 Å². The van der Waals surface area contributed by atoms with Crippen LogP contribution in [0, 0.1) is 0 Å². The average Bonchev–Trinajstić information content (AvgIpc) is 2.77. The third-order valence-corrected chi connectivity index (χ3v) is 4.53. The summed E-state index contributed by atoms with van der Waals surface area (Å²) >= 11 is 1.17. The normalized spacial score (nSPS) is 14.4. The molecule has 2 unspecified atom stereocenters. The third-order valence-electron chi connectivity index (χ3n) is 2.80. The first-order chi connectivity index (χ1) is 9.32. The number of carbonyl (C=O) groups is 1. The highest BCUT2D eigenvalue weighted by atomic mass is 32.2. The minimum Gasteiger partial charge on any atom is -0.481 e. The Morgan fingerprint density at radius 1 is 1.40 bits per heavy atom. The first-order valence-electron chi connectivity index (χ1n) is 6.42. The lowest BCUT2D eigenvalue weighted by Crippen LogP contribution is -2.14. The minimum atomic E-state index is -0.877. The number of carboxylic acids is 1. The summed E-state index contributed by atoms with van der Waals surface area (Å²) in [6.45, 7) is 6.07. The van der Waals surface area contributed by atoms with Gasteiger partial charge >= 0.3 is 5.97 Å². The van der Waals surface area contributed by atoms with Crippen LogP contribution in [-0.2, 0) is 15.6 Å². The molecule has 2 atom stereocenters. The van der Waals surface area contributed by atoms with Crippen molar-refractivity contribution in [2.75, 3.05) is 17.8 Å². The van der Waals surface area contributed by atoms with Crippen LogP contribution in [0.4, 0.5) is 0 Å². The van der Waals surface area contributed by atoms with Crippen molar-refractivity contribution >= 4 is 28.5 Å². The number of hydrogen-bond acceptors (Lipinski definition) is 5. The standard InChI is InChI=1S/C12H21N3O3S2/c1-8(2)11-13-14-12(19-7-10(16)17)15(11)9(3)5-6-20(4)18/h8-9H,5-7H2,1-4H3,(H,16,17). The fraction of sp³-hybridized carbons (Fsp3) is 0.750. The van der Waals surface area contributed by atoms with E-state index in [-0.39, 0.29) is 17.7 Å². The van der Waals surface area contributed by atoms with E-state index < -0.39 is 16.8 Å². The predicted molar refractivity (Wildman–Crippen MR) is 80.7 cm³/mol. The Kier molecular flexibility index (Phi) is 6.67. The third kappa shape index (κ3) is 4.90. The van der Waals surface area contributed by atoms with E-state index in [0.717, 1.165) is 12.2 Å². The second-order valence-electron chi connectivity index (χ2n) is 4.96. The monoisotopic (exact) mass is 319 g/mol. The number of hydrogen-bond donors (Lipinski definition) is 1. The zero-order chi connectivity index (χ0) is 15.3. The molecule has 114 valence electrons. The van der Waals surface area contributed by atoms with Gasteiger partial charge in [-0.3, -0.25) is 9.00 Å². The number of carboxylic acid groups (broad SMARTS) is 1. The maximum Gasteiger partial charge on any atom is 0.313 e. The van der Waals surface area contributed by atoms with Crippen LogP contribution in [0.15, 0.2) is 5.16 Å². The van der Waals surface area contributed by atoms with Crippen molar-refractivity contribution in [1.82, 2.24) is 14.8 Å². The fourth-order valence-corrected chi connectivity index (χ4v) is 3.22. The van der Waals surface area contributed by atoms with E-state index in [1.807, 2.05) is 25.3 Å². The summed E-state index contributed by atoms with van der Waals surface area (Å²) in [4.78, 5) is 10.7. The highest BCUT2D eigenvalue weighted by molar-refractivity contribution is 7.99. The quantitative estimate of drug-likeness (QED) is 0.737. The molecule has 0 aliphatic heterocycles. The molecule has 1 aromatic rings. The smallest absolute Gasteiger partial charge is 0.313 e. The summed E-state index contributed by atoms with van der Waals surface area (Å²) in [6, 6.07) is 0.0996. The lowest BCUT2D eigenvalue weighted by molar-refractivity contribution is -0.133. The molecule has 1 heterocycles. The van der Waals surface area contributed by atoms with Gasteiger partial charge in [0.2, 0.25) is 0 Å². The fourth-order valence-electron chi connectivity index (χ4n) is 1.79. The highest BCUT2D eigenvalue weighted by Crippen LogP contribution is 2.27.